The van der Waals surface area contributed by atoms with E-state index in [9.17, 15) is 0 Å². The van der Waals surface area contributed by atoms with Crippen molar-refractivity contribution in [3.63, 3.8) is 0 Å². The Hall–Kier alpha value is -3.47. The van der Waals surface area contributed by atoms with E-state index in [-0.39, 0.29) is 0 Å². The molecule has 4 aromatic rings. The molecule has 0 fully saturated rings. The SMILES string of the molecule is COc1c[c]ccc1Nc1cc2c(-c3cncnc3)cccc2cn1. The number of pyridine rings is 1. The Labute approximate surface area is 145 Å². The number of hydrogen-bond acceptors (Lipinski definition) is 5. The van der Waals surface area contributed by atoms with Gasteiger partial charge in [0.15, 0.2) is 0 Å². The van der Waals surface area contributed by atoms with Crippen molar-refractivity contribution in [2.75, 3.05) is 12.4 Å². The van der Waals surface area contributed by atoms with Gasteiger partial charge in [0.2, 0.25) is 0 Å². The van der Waals surface area contributed by atoms with Crippen LogP contribution in [0.25, 0.3) is 21.9 Å². The molecule has 0 bridgehead atoms. The Bertz CT molecular complexity index is 1020. The fourth-order valence-electron chi connectivity index (χ4n) is 2.75. The van der Waals surface area contributed by atoms with Gasteiger partial charge in [0.1, 0.15) is 17.9 Å². The van der Waals surface area contributed by atoms with E-state index < -0.39 is 0 Å². The zero-order valence-electron chi connectivity index (χ0n) is 13.6. The van der Waals surface area contributed by atoms with Crippen LogP contribution in [0.4, 0.5) is 11.5 Å². The third kappa shape index (κ3) is 2.99. The lowest BCUT2D eigenvalue weighted by Crippen LogP contribution is -1.96. The maximum Gasteiger partial charge on any atom is 0.142 e. The monoisotopic (exact) mass is 327 g/mol. The van der Waals surface area contributed by atoms with E-state index in [1.165, 1.54) is 6.33 Å². The molecule has 0 saturated carbocycles. The van der Waals surface area contributed by atoms with Gasteiger partial charge in [-0.2, -0.15) is 0 Å². The van der Waals surface area contributed by atoms with Crippen molar-refractivity contribution in [1.82, 2.24) is 15.0 Å². The summed E-state index contributed by atoms with van der Waals surface area (Å²) in [6.45, 7) is 0. The molecular weight excluding hydrogens is 312 g/mol. The van der Waals surface area contributed by atoms with Gasteiger partial charge in [-0.25, -0.2) is 15.0 Å². The highest BCUT2D eigenvalue weighted by Gasteiger charge is 2.08. The van der Waals surface area contributed by atoms with Crippen LogP contribution in [0.15, 0.2) is 67.4 Å². The van der Waals surface area contributed by atoms with Crippen LogP contribution in [0.1, 0.15) is 0 Å². The van der Waals surface area contributed by atoms with E-state index in [4.69, 9.17) is 4.74 Å². The number of benzene rings is 2. The van der Waals surface area contributed by atoms with E-state index >= 15 is 0 Å². The molecule has 121 valence electrons. The first-order valence-corrected chi connectivity index (χ1v) is 7.80. The second kappa shape index (κ2) is 6.57. The molecule has 0 spiro atoms. The molecule has 1 radical (unpaired) electrons. The third-order valence-electron chi connectivity index (χ3n) is 3.94. The van der Waals surface area contributed by atoms with E-state index in [2.05, 4.69) is 32.4 Å². The van der Waals surface area contributed by atoms with Gasteiger partial charge in [0, 0.05) is 29.5 Å². The first-order valence-electron chi connectivity index (χ1n) is 7.80. The second-order valence-electron chi connectivity index (χ2n) is 5.47. The fraction of sp³-hybridized carbons (Fsp3) is 0.0500. The van der Waals surface area contributed by atoms with E-state index in [0.717, 1.165) is 33.4 Å². The summed E-state index contributed by atoms with van der Waals surface area (Å²) in [6.07, 6.45) is 7.01. The van der Waals surface area contributed by atoms with Crippen molar-refractivity contribution in [1.29, 1.82) is 0 Å². The molecule has 0 unspecified atom stereocenters. The minimum atomic E-state index is 0.717. The van der Waals surface area contributed by atoms with Gasteiger partial charge in [0.05, 0.1) is 12.8 Å². The standard InChI is InChI=1S/C20H15N4O/c1-25-19-8-3-2-7-18(19)24-20-9-17-14(12-23-20)5-4-6-16(17)15-10-21-13-22-11-15/h2,4-13H,1H3,(H,23,24). The molecule has 25 heavy (non-hydrogen) atoms. The number of rotatable bonds is 4. The predicted molar refractivity (Wildman–Crippen MR) is 97.9 cm³/mol. The van der Waals surface area contributed by atoms with Crippen molar-refractivity contribution < 1.29 is 4.74 Å². The second-order valence-corrected chi connectivity index (χ2v) is 5.47. The van der Waals surface area contributed by atoms with Crippen LogP contribution < -0.4 is 10.1 Å². The van der Waals surface area contributed by atoms with Gasteiger partial charge in [-0.05, 0) is 35.2 Å². The largest absolute Gasteiger partial charge is 0.495 e. The van der Waals surface area contributed by atoms with Gasteiger partial charge < -0.3 is 10.1 Å². The normalized spacial score (nSPS) is 10.6. The van der Waals surface area contributed by atoms with E-state index in [1.54, 1.807) is 13.2 Å². The Kier molecular flexibility index (Phi) is 3.96. The van der Waals surface area contributed by atoms with Crippen LogP contribution in [0.3, 0.4) is 0 Å². The first-order chi connectivity index (χ1) is 12.3. The molecule has 0 atom stereocenters. The lowest BCUT2D eigenvalue weighted by Gasteiger charge is -2.12. The highest BCUT2D eigenvalue weighted by Crippen LogP contribution is 2.31. The lowest BCUT2D eigenvalue weighted by molar-refractivity contribution is 0.416. The summed E-state index contributed by atoms with van der Waals surface area (Å²) >= 11 is 0. The fourth-order valence-corrected chi connectivity index (χ4v) is 2.75. The maximum atomic E-state index is 5.36. The van der Waals surface area contributed by atoms with Crippen LogP contribution in [0, 0.1) is 6.07 Å². The topological polar surface area (TPSA) is 59.9 Å². The molecule has 2 heterocycles. The molecule has 5 heteroatoms. The number of anilines is 2. The number of ether oxygens (including phenoxy) is 1. The molecule has 0 aliphatic rings. The van der Waals surface area contributed by atoms with Crippen molar-refractivity contribution in [2.45, 2.75) is 0 Å². The molecule has 1 N–H and O–H groups in total. The summed E-state index contributed by atoms with van der Waals surface area (Å²) in [5, 5.41) is 5.44. The summed E-state index contributed by atoms with van der Waals surface area (Å²) < 4.78 is 5.36. The summed E-state index contributed by atoms with van der Waals surface area (Å²) in [6, 6.07) is 16.7. The van der Waals surface area contributed by atoms with Gasteiger partial charge in [-0.3, -0.25) is 0 Å². The summed E-state index contributed by atoms with van der Waals surface area (Å²) in [5.41, 5.74) is 2.88. The van der Waals surface area contributed by atoms with Gasteiger partial charge >= 0.3 is 0 Å². The van der Waals surface area contributed by atoms with Crippen LogP contribution in [-0.4, -0.2) is 22.1 Å². The third-order valence-corrected chi connectivity index (χ3v) is 3.94. The number of nitrogens with zero attached hydrogens (tertiary/aromatic N) is 3. The molecule has 0 amide bonds. The predicted octanol–water partition coefficient (Wildman–Crippen LogP) is 4.24. The number of fused-ring (bicyclic) bond motifs is 1. The number of aromatic nitrogens is 3. The van der Waals surface area contributed by atoms with Gasteiger partial charge in [-0.1, -0.05) is 24.3 Å². The summed E-state index contributed by atoms with van der Waals surface area (Å²) in [5.74, 6) is 1.45. The smallest absolute Gasteiger partial charge is 0.142 e. The Morgan fingerprint density at radius 3 is 2.80 bits per heavy atom. The van der Waals surface area contributed by atoms with Gasteiger partial charge in [0.25, 0.3) is 0 Å². The quantitative estimate of drug-likeness (QED) is 0.607. The lowest BCUT2D eigenvalue weighted by atomic mass is 10.0. The molecule has 0 aliphatic heterocycles. The molecule has 2 aromatic carbocycles. The molecule has 5 nitrogen and oxygen atoms in total. The number of hydrogen-bond donors (Lipinski definition) is 1. The minimum absolute atomic E-state index is 0.717. The van der Waals surface area contributed by atoms with Crippen LogP contribution in [-0.2, 0) is 0 Å². The zero-order chi connectivity index (χ0) is 17.1. The molecule has 0 aliphatic carbocycles. The first kappa shape index (κ1) is 15.1. The Balaban J connectivity index is 1.79. The average Bonchev–Trinajstić information content (AvgIpc) is 2.68. The summed E-state index contributed by atoms with van der Waals surface area (Å²) in [7, 11) is 1.63. The van der Waals surface area contributed by atoms with Gasteiger partial charge in [-0.15, -0.1) is 0 Å². The van der Waals surface area contributed by atoms with Crippen molar-refractivity contribution in [3.05, 3.63) is 73.4 Å². The van der Waals surface area contributed by atoms with Crippen molar-refractivity contribution >= 4 is 22.3 Å². The maximum absolute atomic E-state index is 5.36. The number of nitrogens with one attached hydrogen (secondary N) is 1. The molecule has 2 aromatic heterocycles. The minimum Gasteiger partial charge on any atom is -0.495 e. The molecule has 4 rings (SSSR count). The molecule has 0 saturated heterocycles. The zero-order valence-corrected chi connectivity index (χ0v) is 13.6. The van der Waals surface area contributed by atoms with Crippen molar-refractivity contribution in [3.8, 4) is 16.9 Å². The van der Waals surface area contributed by atoms with Crippen LogP contribution in [0.2, 0.25) is 0 Å². The summed E-state index contributed by atoms with van der Waals surface area (Å²) in [4.78, 5) is 12.7. The van der Waals surface area contributed by atoms with E-state index in [1.807, 2.05) is 48.9 Å². The average molecular weight is 327 g/mol. The van der Waals surface area contributed by atoms with Crippen LogP contribution >= 0.6 is 0 Å². The number of methoxy groups -OCH3 is 1. The highest BCUT2D eigenvalue weighted by atomic mass is 16.5. The molecular formula is C20H15N4O. The van der Waals surface area contributed by atoms with Crippen molar-refractivity contribution in [2.24, 2.45) is 0 Å². The van der Waals surface area contributed by atoms with E-state index in [0.29, 0.717) is 5.75 Å². The Morgan fingerprint density at radius 2 is 1.96 bits per heavy atom. The Morgan fingerprint density at radius 1 is 1.08 bits per heavy atom. The van der Waals surface area contributed by atoms with Crippen LogP contribution in [0.5, 0.6) is 5.75 Å². The highest BCUT2D eigenvalue weighted by molar-refractivity contribution is 5.97.